The predicted molar refractivity (Wildman–Crippen MR) is 87.0 cm³/mol. The molecule has 1 aromatic carbocycles. The maximum absolute atomic E-state index is 9.31. The topological polar surface area (TPSA) is 74.6 Å². The first kappa shape index (κ1) is 14.4. The number of fused-ring (bicyclic) bond motifs is 1. The van der Waals surface area contributed by atoms with Crippen molar-refractivity contribution in [3.8, 4) is 23.1 Å². The Bertz CT molecular complexity index is 866. The zero-order valence-electron chi connectivity index (χ0n) is 12.3. The highest BCUT2D eigenvalue weighted by molar-refractivity contribution is 7.98. The lowest BCUT2D eigenvalue weighted by Gasteiger charge is -2.08. The molecule has 3 aromatic rings. The molecule has 0 atom stereocenters. The van der Waals surface area contributed by atoms with E-state index in [1.54, 1.807) is 6.20 Å². The number of H-pyrrole nitrogens is 1. The SMILES string of the molecule is CCOc1cccc(-c2nc(SC)nc3[nH]cc(C#N)c23)c1. The van der Waals surface area contributed by atoms with Gasteiger partial charge in [-0.15, -0.1) is 0 Å². The highest BCUT2D eigenvalue weighted by Gasteiger charge is 2.15. The summed E-state index contributed by atoms with van der Waals surface area (Å²) in [6, 6.07) is 9.91. The fourth-order valence-corrected chi connectivity index (χ4v) is 2.67. The van der Waals surface area contributed by atoms with Crippen LogP contribution in [0.3, 0.4) is 0 Å². The van der Waals surface area contributed by atoms with Gasteiger partial charge in [0.25, 0.3) is 0 Å². The van der Waals surface area contributed by atoms with E-state index >= 15 is 0 Å². The van der Waals surface area contributed by atoms with Crippen LogP contribution >= 0.6 is 11.8 Å². The van der Waals surface area contributed by atoms with E-state index in [4.69, 9.17) is 4.74 Å². The van der Waals surface area contributed by atoms with Crippen LogP contribution in [0.4, 0.5) is 0 Å². The van der Waals surface area contributed by atoms with Gasteiger partial charge in [0.05, 0.1) is 23.3 Å². The van der Waals surface area contributed by atoms with Crippen LogP contribution in [0.2, 0.25) is 0 Å². The molecule has 0 aliphatic heterocycles. The molecule has 3 rings (SSSR count). The van der Waals surface area contributed by atoms with E-state index in [0.29, 0.717) is 23.0 Å². The predicted octanol–water partition coefficient (Wildman–Crippen LogP) is 3.62. The highest BCUT2D eigenvalue weighted by Crippen LogP contribution is 2.31. The third-order valence-electron chi connectivity index (χ3n) is 3.23. The van der Waals surface area contributed by atoms with Crippen molar-refractivity contribution in [3.05, 3.63) is 36.0 Å². The Kier molecular flexibility index (Phi) is 3.98. The van der Waals surface area contributed by atoms with Crippen molar-refractivity contribution in [1.82, 2.24) is 15.0 Å². The minimum absolute atomic E-state index is 0.541. The molecule has 0 radical (unpaired) electrons. The number of nitrogens with one attached hydrogen (secondary N) is 1. The van der Waals surface area contributed by atoms with Crippen LogP contribution in [-0.2, 0) is 0 Å². The van der Waals surface area contributed by atoms with Crippen molar-refractivity contribution in [2.45, 2.75) is 12.1 Å². The molecule has 0 saturated carbocycles. The number of ether oxygens (including phenoxy) is 1. The van der Waals surface area contributed by atoms with Crippen LogP contribution in [0.5, 0.6) is 5.75 Å². The molecule has 0 unspecified atom stereocenters. The van der Waals surface area contributed by atoms with E-state index in [0.717, 1.165) is 22.4 Å². The Hall–Kier alpha value is -2.52. The Morgan fingerprint density at radius 2 is 2.23 bits per heavy atom. The minimum Gasteiger partial charge on any atom is -0.494 e. The van der Waals surface area contributed by atoms with Gasteiger partial charge >= 0.3 is 0 Å². The van der Waals surface area contributed by atoms with Gasteiger partial charge in [-0.3, -0.25) is 0 Å². The summed E-state index contributed by atoms with van der Waals surface area (Å²) in [5.74, 6) is 0.784. The molecule has 2 heterocycles. The van der Waals surface area contributed by atoms with E-state index in [-0.39, 0.29) is 0 Å². The van der Waals surface area contributed by atoms with E-state index < -0.39 is 0 Å². The molecule has 2 aromatic heterocycles. The summed E-state index contributed by atoms with van der Waals surface area (Å²) in [4.78, 5) is 12.1. The van der Waals surface area contributed by atoms with Gasteiger partial charge < -0.3 is 9.72 Å². The van der Waals surface area contributed by atoms with E-state index in [9.17, 15) is 5.26 Å². The smallest absolute Gasteiger partial charge is 0.189 e. The first-order valence-electron chi connectivity index (χ1n) is 6.83. The quantitative estimate of drug-likeness (QED) is 0.588. The van der Waals surface area contributed by atoms with Crippen molar-refractivity contribution < 1.29 is 4.74 Å². The van der Waals surface area contributed by atoms with Gasteiger partial charge in [-0.1, -0.05) is 23.9 Å². The molecule has 0 aliphatic carbocycles. The number of aromatic amines is 1. The molecule has 0 saturated heterocycles. The van der Waals surface area contributed by atoms with Crippen molar-refractivity contribution in [2.24, 2.45) is 0 Å². The molecule has 6 heteroatoms. The summed E-state index contributed by atoms with van der Waals surface area (Å²) in [7, 11) is 0. The number of nitrogens with zero attached hydrogens (tertiary/aromatic N) is 3. The molecular formula is C16H14N4OS. The van der Waals surface area contributed by atoms with Gasteiger partial charge in [-0.2, -0.15) is 5.26 Å². The minimum atomic E-state index is 0.541. The lowest BCUT2D eigenvalue weighted by atomic mass is 10.1. The van der Waals surface area contributed by atoms with Crippen LogP contribution in [-0.4, -0.2) is 27.8 Å². The standard InChI is InChI=1S/C16H14N4OS/c1-3-21-12-6-4-5-10(7-12)14-13-11(8-17)9-18-15(13)20-16(19-14)22-2/h4-7,9H,3H2,1-2H3,(H,18,19,20). The second-order valence-electron chi connectivity index (χ2n) is 4.56. The van der Waals surface area contributed by atoms with Crippen LogP contribution in [0, 0.1) is 11.3 Å². The first-order chi connectivity index (χ1) is 10.8. The summed E-state index contributed by atoms with van der Waals surface area (Å²) < 4.78 is 5.55. The molecule has 22 heavy (non-hydrogen) atoms. The monoisotopic (exact) mass is 310 g/mol. The first-order valence-corrected chi connectivity index (χ1v) is 8.05. The van der Waals surface area contributed by atoms with Crippen LogP contribution in [0.25, 0.3) is 22.3 Å². The van der Waals surface area contributed by atoms with Gasteiger partial charge in [0.15, 0.2) is 5.16 Å². The average Bonchev–Trinajstić information content (AvgIpc) is 2.97. The molecule has 0 aliphatic rings. The largest absolute Gasteiger partial charge is 0.494 e. The third-order valence-corrected chi connectivity index (χ3v) is 3.78. The van der Waals surface area contributed by atoms with Crippen LogP contribution in [0.1, 0.15) is 12.5 Å². The molecule has 1 N–H and O–H groups in total. The maximum atomic E-state index is 9.31. The van der Waals surface area contributed by atoms with Crippen molar-refractivity contribution >= 4 is 22.8 Å². The Balaban J connectivity index is 2.26. The van der Waals surface area contributed by atoms with Crippen LogP contribution < -0.4 is 4.74 Å². The molecule has 0 amide bonds. The normalized spacial score (nSPS) is 10.6. The van der Waals surface area contributed by atoms with Gasteiger partial charge in [0.2, 0.25) is 0 Å². The number of aromatic nitrogens is 3. The van der Waals surface area contributed by atoms with Crippen LogP contribution in [0.15, 0.2) is 35.6 Å². The summed E-state index contributed by atoms with van der Waals surface area (Å²) in [5.41, 5.74) is 2.87. The molecule has 110 valence electrons. The highest BCUT2D eigenvalue weighted by atomic mass is 32.2. The van der Waals surface area contributed by atoms with E-state index in [2.05, 4.69) is 21.0 Å². The molecular weight excluding hydrogens is 296 g/mol. The molecule has 0 fully saturated rings. The number of rotatable bonds is 4. The van der Waals surface area contributed by atoms with E-state index in [1.165, 1.54) is 11.8 Å². The Morgan fingerprint density at radius 1 is 1.36 bits per heavy atom. The Morgan fingerprint density at radius 3 is 2.95 bits per heavy atom. The zero-order chi connectivity index (χ0) is 15.5. The molecule has 0 spiro atoms. The van der Waals surface area contributed by atoms with Gasteiger partial charge in [0.1, 0.15) is 17.5 Å². The van der Waals surface area contributed by atoms with Gasteiger partial charge in [-0.05, 0) is 25.3 Å². The fourth-order valence-electron chi connectivity index (χ4n) is 2.30. The van der Waals surface area contributed by atoms with E-state index in [1.807, 2.05) is 37.4 Å². The number of hydrogen-bond donors (Lipinski definition) is 1. The van der Waals surface area contributed by atoms with Crippen molar-refractivity contribution in [1.29, 1.82) is 5.26 Å². The third kappa shape index (κ3) is 2.51. The zero-order valence-corrected chi connectivity index (χ0v) is 13.1. The average molecular weight is 310 g/mol. The summed E-state index contributed by atoms with van der Waals surface area (Å²) in [5, 5.41) is 10.7. The second kappa shape index (κ2) is 6.08. The Labute approximate surface area is 132 Å². The van der Waals surface area contributed by atoms with Crippen molar-refractivity contribution in [2.75, 3.05) is 12.9 Å². The lowest BCUT2D eigenvalue weighted by Crippen LogP contribution is -1.95. The maximum Gasteiger partial charge on any atom is 0.189 e. The number of thioether (sulfide) groups is 1. The summed E-state index contributed by atoms with van der Waals surface area (Å²) in [6.45, 7) is 2.55. The number of hydrogen-bond acceptors (Lipinski definition) is 5. The summed E-state index contributed by atoms with van der Waals surface area (Å²) in [6.07, 6.45) is 3.59. The summed E-state index contributed by atoms with van der Waals surface area (Å²) >= 11 is 1.47. The number of benzene rings is 1. The fraction of sp³-hybridized carbons (Fsp3) is 0.188. The molecule has 0 bridgehead atoms. The van der Waals surface area contributed by atoms with Crippen molar-refractivity contribution in [3.63, 3.8) is 0 Å². The van der Waals surface area contributed by atoms with Gasteiger partial charge in [0, 0.05) is 11.8 Å². The second-order valence-corrected chi connectivity index (χ2v) is 5.33. The van der Waals surface area contributed by atoms with Gasteiger partial charge in [-0.25, -0.2) is 9.97 Å². The lowest BCUT2D eigenvalue weighted by molar-refractivity contribution is 0.340. The number of nitriles is 1. The molecule has 5 nitrogen and oxygen atoms in total.